The molecule has 4 nitrogen and oxygen atoms in total. The van der Waals surface area contributed by atoms with Crippen LogP contribution in [0.3, 0.4) is 0 Å². The third-order valence-corrected chi connectivity index (χ3v) is 5.42. The monoisotopic (exact) mass is 348 g/mol. The van der Waals surface area contributed by atoms with Gasteiger partial charge in [-0.2, -0.15) is 0 Å². The molecule has 2 amide bonds. The fraction of sp³-hybridized carbons (Fsp3) is 0.100. The highest BCUT2D eigenvalue weighted by Crippen LogP contribution is 2.36. The SMILES string of the molecule is O=C(C[C@@H]1Sc2ccccc2NC1=O)Nc1cccc2ccccc12. The lowest BCUT2D eigenvalue weighted by Gasteiger charge is -2.23. The van der Waals surface area contributed by atoms with Gasteiger partial charge in [-0.3, -0.25) is 9.59 Å². The molecule has 0 saturated carbocycles. The van der Waals surface area contributed by atoms with E-state index in [2.05, 4.69) is 10.6 Å². The molecular formula is C20H16N2O2S. The van der Waals surface area contributed by atoms with Crippen LogP contribution in [0.5, 0.6) is 0 Å². The van der Waals surface area contributed by atoms with Gasteiger partial charge in [0.2, 0.25) is 11.8 Å². The van der Waals surface area contributed by atoms with Gasteiger partial charge in [-0.15, -0.1) is 11.8 Å². The summed E-state index contributed by atoms with van der Waals surface area (Å²) in [6.07, 6.45) is 0.133. The van der Waals surface area contributed by atoms with Crippen LogP contribution in [0.15, 0.2) is 71.6 Å². The summed E-state index contributed by atoms with van der Waals surface area (Å²) in [7, 11) is 0. The average Bonchev–Trinajstić information content (AvgIpc) is 2.63. The Morgan fingerprint density at radius 1 is 1.00 bits per heavy atom. The van der Waals surface area contributed by atoms with Crippen LogP contribution in [-0.4, -0.2) is 17.1 Å². The van der Waals surface area contributed by atoms with E-state index in [0.717, 1.165) is 27.0 Å². The predicted octanol–water partition coefficient (Wildman–Crippen LogP) is 4.28. The van der Waals surface area contributed by atoms with Gasteiger partial charge in [-0.05, 0) is 23.6 Å². The number of carbonyl (C=O) groups excluding carboxylic acids is 2. The second-order valence-corrected chi connectivity index (χ2v) is 7.12. The van der Waals surface area contributed by atoms with Crippen LogP contribution in [-0.2, 0) is 9.59 Å². The molecule has 3 aromatic carbocycles. The molecule has 2 N–H and O–H groups in total. The number of anilines is 2. The first-order valence-electron chi connectivity index (χ1n) is 8.05. The standard InChI is InChI=1S/C20H16N2O2S/c23-19(21-15-10-5-7-13-6-1-2-8-14(13)15)12-18-20(24)22-16-9-3-4-11-17(16)25-18/h1-11,18H,12H2,(H,21,23)(H,22,24)/t18-/m0/s1. The molecule has 25 heavy (non-hydrogen) atoms. The zero-order valence-electron chi connectivity index (χ0n) is 13.4. The quantitative estimate of drug-likeness (QED) is 0.743. The van der Waals surface area contributed by atoms with E-state index in [1.807, 2.05) is 66.7 Å². The Labute approximate surface area is 149 Å². The molecule has 1 heterocycles. The van der Waals surface area contributed by atoms with E-state index >= 15 is 0 Å². The van der Waals surface area contributed by atoms with Crippen LogP contribution >= 0.6 is 11.8 Å². The number of hydrogen-bond donors (Lipinski definition) is 2. The Morgan fingerprint density at radius 3 is 2.68 bits per heavy atom. The molecule has 0 unspecified atom stereocenters. The van der Waals surface area contributed by atoms with E-state index in [-0.39, 0.29) is 18.2 Å². The van der Waals surface area contributed by atoms with Crippen molar-refractivity contribution < 1.29 is 9.59 Å². The summed E-state index contributed by atoms with van der Waals surface area (Å²) >= 11 is 1.43. The smallest absolute Gasteiger partial charge is 0.238 e. The van der Waals surface area contributed by atoms with Gasteiger partial charge >= 0.3 is 0 Å². The Morgan fingerprint density at radius 2 is 1.76 bits per heavy atom. The predicted molar refractivity (Wildman–Crippen MR) is 102 cm³/mol. The average molecular weight is 348 g/mol. The highest BCUT2D eigenvalue weighted by Gasteiger charge is 2.28. The number of amides is 2. The molecule has 3 aromatic rings. The Bertz CT molecular complexity index is 965. The van der Waals surface area contributed by atoms with Crippen molar-refractivity contribution >= 4 is 45.7 Å². The molecule has 124 valence electrons. The zero-order valence-corrected chi connectivity index (χ0v) is 14.2. The van der Waals surface area contributed by atoms with E-state index in [1.54, 1.807) is 0 Å². The number of para-hydroxylation sites is 1. The number of fused-ring (bicyclic) bond motifs is 2. The minimum absolute atomic E-state index is 0.128. The lowest BCUT2D eigenvalue weighted by molar-refractivity contribution is -0.120. The first-order valence-corrected chi connectivity index (χ1v) is 8.93. The molecule has 0 saturated heterocycles. The van der Waals surface area contributed by atoms with E-state index in [1.165, 1.54) is 11.8 Å². The van der Waals surface area contributed by atoms with Gasteiger partial charge in [0, 0.05) is 22.4 Å². The minimum Gasteiger partial charge on any atom is -0.325 e. The lowest BCUT2D eigenvalue weighted by atomic mass is 10.1. The van der Waals surface area contributed by atoms with E-state index < -0.39 is 5.25 Å². The van der Waals surface area contributed by atoms with E-state index in [4.69, 9.17) is 0 Å². The number of carbonyl (C=O) groups is 2. The lowest BCUT2D eigenvalue weighted by Crippen LogP contribution is -2.32. The van der Waals surface area contributed by atoms with Crippen molar-refractivity contribution in [3.05, 3.63) is 66.7 Å². The second-order valence-electron chi connectivity index (χ2n) is 5.87. The summed E-state index contributed by atoms with van der Waals surface area (Å²) < 4.78 is 0. The summed E-state index contributed by atoms with van der Waals surface area (Å²) in [6.45, 7) is 0. The Kier molecular flexibility index (Phi) is 4.15. The first-order chi connectivity index (χ1) is 12.2. The Balaban J connectivity index is 1.50. The third kappa shape index (κ3) is 3.23. The maximum absolute atomic E-state index is 12.5. The van der Waals surface area contributed by atoms with Crippen LogP contribution in [0.2, 0.25) is 0 Å². The number of nitrogens with one attached hydrogen (secondary N) is 2. The highest BCUT2D eigenvalue weighted by molar-refractivity contribution is 8.01. The van der Waals surface area contributed by atoms with Gasteiger partial charge in [0.1, 0.15) is 0 Å². The molecule has 1 aliphatic heterocycles. The summed E-state index contributed by atoms with van der Waals surface area (Å²) in [5.41, 5.74) is 1.58. The van der Waals surface area contributed by atoms with Gasteiger partial charge in [0.25, 0.3) is 0 Å². The number of benzene rings is 3. The van der Waals surface area contributed by atoms with Crippen molar-refractivity contribution in [1.29, 1.82) is 0 Å². The molecule has 0 aliphatic carbocycles. The molecule has 0 spiro atoms. The molecular weight excluding hydrogens is 332 g/mol. The molecule has 0 aromatic heterocycles. The van der Waals surface area contributed by atoms with E-state index in [9.17, 15) is 9.59 Å². The van der Waals surface area contributed by atoms with Gasteiger partial charge < -0.3 is 10.6 Å². The van der Waals surface area contributed by atoms with Crippen LogP contribution in [0.25, 0.3) is 10.8 Å². The van der Waals surface area contributed by atoms with Crippen molar-refractivity contribution in [2.45, 2.75) is 16.6 Å². The van der Waals surface area contributed by atoms with Gasteiger partial charge in [-0.1, -0.05) is 48.5 Å². The summed E-state index contributed by atoms with van der Waals surface area (Å²) in [5, 5.41) is 7.45. The van der Waals surface area contributed by atoms with Gasteiger partial charge in [0.15, 0.2) is 0 Å². The molecule has 5 heteroatoms. The van der Waals surface area contributed by atoms with Crippen molar-refractivity contribution in [2.24, 2.45) is 0 Å². The molecule has 1 aliphatic rings. The fourth-order valence-corrected chi connectivity index (χ4v) is 4.04. The number of rotatable bonds is 3. The van der Waals surface area contributed by atoms with Gasteiger partial charge in [-0.25, -0.2) is 0 Å². The molecule has 4 rings (SSSR count). The number of hydrogen-bond acceptors (Lipinski definition) is 3. The van der Waals surface area contributed by atoms with E-state index in [0.29, 0.717) is 0 Å². The first kappa shape index (κ1) is 15.7. The Hall–Kier alpha value is -2.79. The summed E-state index contributed by atoms with van der Waals surface area (Å²) in [5.74, 6) is -0.292. The molecule has 0 bridgehead atoms. The van der Waals surface area contributed by atoms with Crippen molar-refractivity contribution in [2.75, 3.05) is 10.6 Å². The van der Waals surface area contributed by atoms with Crippen LogP contribution < -0.4 is 10.6 Å². The van der Waals surface area contributed by atoms with Crippen molar-refractivity contribution in [3.8, 4) is 0 Å². The van der Waals surface area contributed by atoms with Crippen LogP contribution in [0.4, 0.5) is 11.4 Å². The molecule has 0 radical (unpaired) electrons. The maximum Gasteiger partial charge on any atom is 0.238 e. The minimum atomic E-state index is -0.426. The summed E-state index contributed by atoms with van der Waals surface area (Å²) in [4.78, 5) is 25.7. The molecule has 1 atom stereocenters. The highest BCUT2D eigenvalue weighted by atomic mass is 32.2. The normalized spacial score (nSPS) is 16.2. The largest absolute Gasteiger partial charge is 0.325 e. The summed E-state index contributed by atoms with van der Waals surface area (Å²) in [6, 6.07) is 21.3. The zero-order chi connectivity index (χ0) is 17.2. The van der Waals surface area contributed by atoms with Crippen molar-refractivity contribution in [3.63, 3.8) is 0 Å². The fourth-order valence-electron chi connectivity index (χ4n) is 2.93. The maximum atomic E-state index is 12.5. The van der Waals surface area contributed by atoms with Gasteiger partial charge in [0.05, 0.1) is 10.9 Å². The number of thioether (sulfide) groups is 1. The topological polar surface area (TPSA) is 58.2 Å². The van der Waals surface area contributed by atoms with Crippen molar-refractivity contribution in [1.82, 2.24) is 0 Å². The molecule has 0 fully saturated rings. The van der Waals surface area contributed by atoms with Crippen LogP contribution in [0.1, 0.15) is 6.42 Å². The second kappa shape index (κ2) is 6.61. The third-order valence-electron chi connectivity index (χ3n) is 4.14. The van der Waals surface area contributed by atoms with Crippen LogP contribution in [0, 0.1) is 0 Å².